The van der Waals surface area contributed by atoms with Gasteiger partial charge in [0.05, 0.1) is 12.3 Å². The highest BCUT2D eigenvalue weighted by molar-refractivity contribution is 6.02. The highest BCUT2D eigenvalue weighted by atomic mass is 16.6. The first-order valence-corrected chi connectivity index (χ1v) is 7.49. The second-order valence-corrected chi connectivity index (χ2v) is 5.50. The number of aliphatic hydroxyl groups excluding tert-OH is 1. The van der Waals surface area contributed by atoms with Crippen molar-refractivity contribution in [2.75, 3.05) is 19.8 Å². The zero-order valence-corrected chi connectivity index (χ0v) is 12.7. The van der Waals surface area contributed by atoms with Crippen LogP contribution in [-0.2, 0) is 4.84 Å². The molecule has 0 spiro atoms. The van der Waals surface area contributed by atoms with Gasteiger partial charge in [0, 0.05) is 18.2 Å². The number of oxime groups is 1. The number of hydrogen-bond donors (Lipinski definition) is 2. The summed E-state index contributed by atoms with van der Waals surface area (Å²) < 4.78 is 5.68. The Kier molecular flexibility index (Phi) is 6.02. The van der Waals surface area contributed by atoms with Crippen LogP contribution < -0.4 is 10.1 Å². The monoisotopic (exact) mass is 292 g/mol. The number of benzene rings is 1. The highest BCUT2D eigenvalue weighted by Crippen LogP contribution is 2.24. The van der Waals surface area contributed by atoms with Crippen LogP contribution >= 0.6 is 0 Å². The molecule has 0 fully saturated rings. The van der Waals surface area contributed by atoms with E-state index in [4.69, 9.17) is 9.57 Å². The Balaban J connectivity index is 1.92. The Hall–Kier alpha value is -1.59. The number of para-hydroxylation sites is 1. The fourth-order valence-electron chi connectivity index (χ4n) is 2.11. The van der Waals surface area contributed by atoms with Crippen molar-refractivity contribution in [1.82, 2.24) is 5.32 Å². The van der Waals surface area contributed by atoms with E-state index in [2.05, 4.69) is 10.5 Å². The van der Waals surface area contributed by atoms with Gasteiger partial charge in [-0.15, -0.1) is 0 Å². The Morgan fingerprint density at radius 2 is 2.19 bits per heavy atom. The highest BCUT2D eigenvalue weighted by Gasteiger charge is 2.15. The molecule has 1 aliphatic heterocycles. The van der Waals surface area contributed by atoms with E-state index in [1.54, 1.807) is 0 Å². The van der Waals surface area contributed by atoms with Gasteiger partial charge in [-0.2, -0.15) is 0 Å². The topological polar surface area (TPSA) is 63.1 Å². The third kappa shape index (κ3) is 5.02. The van der Waals surface area contributed by atoms with Crippen LogP contribution in [0.5, 0.6) is 5.75 Å². The number of aliphatic hydroxyl groups is 1. The van der Waals surface area contributed by atoms with E-state index in [9.17, 15) is 5.11 Å². The van der Waals surface area contributed by atoms with Gasteiger partial charge in [-0.3, -0.25) is 0 Å². The summed E-state index contributed by atoms with van der Waals surface area (Å²) in [6.07, 6.45) is 1.17. The smallest absolute Gasteiger partial charge is 0.144 e. The van der Waals surface area contributed by atoms with Gasteiger partial charge in [0.25, 0.3) is 0 Å². The summed E-state index contributed by atoms with van der Waals surface area (Å²) in [7, 11) is 0. The predicted octanol–water partition coefficient (Wildman–Crippen LogP) is 1.94. The summed E-state index contributed by atoms with van der Waals surface area (Å²) in [5.41, 5.74) is 1.86. The van der Waals surface area contributed by atoms with Gasteiger partial charge in [-0.05, 0) is 25.0 Å². The molecule has 0 saturated carbocycles. The van der Waals surface area contributed by atoms with Crippen molar-refractivity contribution >= 4 is 5.71 Å². The van der Waals surface area contributed by atoms with E-state index >= 15 is 0 Å². The number of rotatable bonds is 6. The van der Waals surface area contributed by atoms with Crippen LogP contribution in [0.4, 0.5) is 0 Å². The van der Waals surface area contributed by atoms with Gasteiger partial charge in [0.15, 0.2) is 0 Å². The second kappa shape index (κ2) is 8.00. The minimum Gasteiger partial charge on any atom is -0.493 e. The largest absolute Gasteiger partial charge is 0.493 e. The summed E-state index contributed by atoms with van der Waals surface area (Å²) in [5.74, 6) is 0.847. The van der Waals surface area contributed by atoms with Crippen molar-refractivity contribution in [3.05, 3.63) is 29.8 Å². The number of ether oxygens (including phenoxy) is 1. The van der Waals surface area contributed by atoms with Gasteiger partial charge in [0.1, 0.15) is 18.5 Å². The van der Waals surface area contributed by atoms with Crippen molar-refractivity contribution in [3.8, 4) is 5.75 Å². The molecule has 5 nitrogen and oxygen atoms in total. The number of nitrogens with one attached hydrogen (secondary N) is 1. The van der Waals surface area contributed by atoms with E-state index in [1.807, 2.05) is 38.1 Å². The van der Waals surface area contributed by atoms with Crippen molar-refractivity contribution in [2.45, 2.75) is 38.8 Å². The predicted molar refractivity (Wildman–Crippen MR) is 82.8 cm³/mol. The van der Waals surface area contributed by atoms with Crippen molar-refractivity contribution in [1.29, 1.82) is 0 Å². The molecule has 0 radical (unpaired) electrons. The first-order chi connectivity index (χ1) is 10.2. The van der Waals surface area contributed by atoms with E-state index in [0.717, 1.165) is 29.9 Å². The summed E-state index contributed by atoms with van der Waals surface area (Å²) in [5, 5.41) is 17.2. The number of nitrogens with zero attached hydrogens (tertiary/aromatic N) is 1. The van der Waals surface area contributed by atoms with Crippen LogP contribution in [0, 0.1) is 0 Å². The Morgan fingerprint density at radius 1 is 1.38 bits per heavy atom. The molecule has 116 valence electrons. The minimum absolute atomic E-state index is 0.187. The molecule has 1 atom stereocenters. The maximum atomic E-state index is 9.80. The molecule has 1 heterocycles. The summed E-state index contributed by atoms with van der Waals surface area (Å²) >= 11 is 0. The Labute approximate surface area is 125 Å². The average molecular weight is 292 g/mol. The maximum absolute atomic E-state index is 9.80. The van der Waals surface area contributed by atoms with Crippen LogP contribution in [0.1, 0.15) is 32.3 Å². The lowest BCUT2D eigenvalue weighted by atomic mass is 10.1. The molecule has 21 heavy (non-hydrogen) atoms. The molecule has 1 unspecified atom stereocenters. The Morgan fingerprint density at radius 3 is 3.00 bits per heavy atom. The van der Waals surface area contributed by atoms with Crippen LogP contribution in [0.2, 0.25) is 0 Å². The normalized spacial score (nSPS) is 18.0. The third-order valence-electron chi connectivity index (χ3n) is 3.22. The number of hydrogen-bond acceptors (Lipinski definition) is 5. The quantitative estimate of drug-likeness (QED) is 0.787. The Bertz CT molecular complexity index is 474. The summed E-state index contributed by atoms with van der Waals surface area (Å²) in [6, 6.07) is 8.18. The van der Waals surface area contributed by atoms with Crippen LogP contribution in [0.25, 0.3) is 0 Å². The molecule has 1 aliphatic rings. The van der Waals surface area contributed by atoms with E-state index < -0.39 is 6.10 Å². The van der Waals surface area contributed by atoms with E-state index in [0.29, 0.717) is 19.2 Å². The molecule has 0 amide bonds. The standard InChI is InChI=1S/C16H24N2O3/c1-12(2)17-10-13(19)11-21-18-15-7-5-9-20-16-8-4-3-6-14(15)16/h3-4,6,8,12-13,17,19H,5,7,9-11H2,1-2H3/b18-15-. The molecule has 0 bridgehead atoms. The number of fused-ring (bicyclic) bond motifs is 1. The van der Waals surface area contributed by atoms with Crippen LogP contribution in [0.3, 0.4) is 0 Å². The zero-order valence-electron chi connectivity index (χ0n) is 12.7. The molecule has 5 heteroatoms. The first kappa shape index (κ1) is 15.8. The van der Waals surface area contributed by atoms with Gasteiger partial charge < -0.3 is 20.0 Å². The molecule has 2 N–H and O–H groups in total. The molecular weight excluding hydrogens is 268 g/mol. The SMILES string of the molecule is CC(C)NCC(O)CO/N=C1/CCCOc2ccccc21. The minimum atomic E-state index is -0.561. The molecule has 0 aromatic heterocycles. The summed E-state index contributed by atoms with van der Waals surface area (Å²) in [6.45, 7) is 5.46. The molecule has 1 aromatic carbocycles. The van der Waals surface area contributed by atoms with Gasteiger partial charge in [-0.1, -0.05) is 31.1 Å². The summed E-state index contributed by atoms with van der Waals surface area (Å²) in [4.78, 5) is 5.32. The maximum Gasteiger partial charge on any atom is 0.144 e. The fourth-order valence-corrected chi connectivity index (χ4v) is 2.11. The lowest BCUT2D eigenvalue weighted by molar-refractivity contribution is 0.0393. The van der Waals surface area contributed by atoms with Gasteiger partial charge >= 0.3 is 0 Å². The van der Waals surface area contributed by atoms with Crippen LogP contribution in [0.15, 0.2) is 29.4 Å². The van der Waals surface area contributed by atoms with E-state index in [-0.39, 0.29) is 6.61 Å². The zero-order chi connectivity index (χ0) is 15.1. The molecule has 0 saturated heterocycles. The van der Waals surface area contributed by atoms with Crippen molar-refractivity contribution in [2.24, 2.45) is 5.16 Å². The van der Waals surface area contributed by atoms with Crippen molar-refractivity contribution in [3.63, 3.8) is 0 Å². The lowest BCUT2D eigenvalue weighted by Gasteiger charge is -2.13. The third-order valence-corrected chi connectivity index (χ3v) is 3.22. The second-order valence-electron chi connectivity index (χ2n) is 5.50. The fraction of sp³-hybridized carbons (Fsp3) is 0.562. The van der Waals surface area contributed by atoms with E-state index in [1.165, 1.54) is 0 Å². The van der Waals surface area contributed by atoms with Crippen LogP contribution in [-0.4, -0.2) is 42.7 Å². The first-order valence-electron chi connectivity index (χ1n) is 7.49. The molecule has 0 aliphatic carbocycles. The van der Waals surface area contributed by atoms with Gasteiger partial charge in [0.2, 0.25) is 0 Å². The van der Waals surface area contributed by atoms with Gasteiger partial charge in [-0.25, -0.2) is 0 Å². The lowest BCUT2D eigenvalue weighted by Crippen LogP contribution is -2.34. The molecular formula is C16H24N2O3. The van der Waals surface area contributed by atoms with Crippen molar-refractivity contribution < 1.29 is 14.7 Å². The molecule has 2 rings (SSSR count). The average Bonchev–Trinajstić information content (AvgIpc) is 2.68. The molecule has 1 aromatic rings.